The van der Waals surface area contributed by atoms with Gasteiger partial charge in [0.05, 0.1) is 6.20 Å². The minimum atomic E-state index is -0.409. The van der Waals surface area contributed by atoms with Crippen molar-refractivity contribution in [1.29, 1.82) is 0 Å². The smallest absolute Gasteiger partial charge is 0.323 e. The lowest BCUT2D eigenvalue weighted by molar-refractivity contribution is 0.156. The van der Waals surface area contributed by atoms with Crippen molar-refractivity contribution in [3.8, 4) is 0 Å². The van der Waals surface area contributed by atoms with Crippen LogP contribution in [0.5, 0.6) is 0 Å². The lowest BCUT2D eigenvalue weighted by Crippen LogP contribution is -2.44. The van der Waals surface area contributed by atoms with Crippen molar-refractivity contribution >= 4 is 11.8 Å². The van der Waals surface area contributed by atoms with Crippen LogP contribution in [0.2, 0.25) is 0 Å². The fourth-order valence-electron chi connectivity index (χ4n) is 2.47. The number of piperidine rings is 1. The standard InChI is InChI=1S/C13H18FN3O/c1-9-5-10(2)8-17(7-9)13(18)16-12-4-3-11(14)6-15-12/h3-4,6,9-10H,5,7-8H2,1-2H3,(H,15,16,18). The Kier molecular flexibility index (Phi) is 3.79. The van der Waals surface area contributed by atoms with Gasteiger partial charge in [0.15, 0.2) is 0 Å². The van der Waals surface area contributed by atoms with E-state index in [1.165, 1.54) is 12.1 Å². The summed E-state index contributed by atoms with van der Waals surface area (Å²) >= 11 is 0. The van der Waals surface area contributed by atoms with E-state index in [2.05, 4.69) is 24.1 Å². The maximum atomic E-state index is 12.7. The summed E-state index contributed by atoms with van der Waals surface area (Å²) in [6.07, 6.45) is 2.25. The fraction of sp³-hybridized carbons (Fsp3) is 0.538. The lowest BCUT2D eigenvalue weighted by atomic mass is 9.92. The SMILES string of the molecule is CC1CC(C)CN(C(=O)Nc2ccc(F)cn2)C1. The number of aromatic nitrogens is 1. The summed E-state index contributed by atoms with van der Waals surface area (Å²) in [4.78, 5) is 17.6. The van der Waals surface area contributed by atoms with Gasteiger partial charge >= 0.3 is 6.03 Å². The second-order valence-corrected chi connectivity index (χ2v) is 5.14. The Bertz CT molecular complexity index is 411. The highest BCUT2D eigenvalue weighted by atomic mass is 19.1. The third kappa shape index (κ3) is 3.18. The van der Waals surface area contributed by atoms with Gasteiger partial charge in [-0.15, -0.1) is 0 Å². The first-order valence-corrected chi connectivity index (χ1v) is 6.22. The quantitative estimate of drug-likeness (QED) is 0.834. The lowest BCUT2D eigenvalue weighted by Gasteiger charge is -2.34. The molecule has 0 aliphatic carbocycles. The van der Waals surface area contributed by atoms with Crippen molar-refractivity contribution in [2.45, 2.75) is 20.3 Å². The molecule has 18 heavy (non-hydrogen) atoms. The summed E-state index contributed by atoms with van der Waals surface area (Å²) in [7, 11) is 0. The van der Waals surface area contributed by atoms with Gasteiger partial charge in [-0.1, -0.05) is 13.8 Å². The molecule has 1 N–H and O–H groups in total. The monoisotopic (exact) mass is 251 g/mol. The van der Waals surface area contributed by atoms with E-state index in [4.69, 9.17) is 0 Å². The van der Waals surface area contributed by atoms with E-state index in [1.807, 2.05) is 0 Å². The van der Waals surface area contributed by atoms with Gasteiger partial charge < -0.3 is 4.90 Å². The zero-order chi connectivity index (χ0) is 13.1. The van der Waals surface area contributed by atoms with Crippen LogP contribution in [0.25, 0.3) is 0 Å². The third-order valence-corrected chi connectivity index (χ3v) is 3.12. The molecule has 1 aromatic rings. The Balaban J connectivity index is 1.97. The molecule has 5 heteroatoms. The molecule has 2 unspecified atom stereocenters. The van der Waals surface area contributed by atoms with Gasteiger partial charge in [-0.2, -0.15) is 0 Å². The van der Waals surface area contributed by atoms with Gasteiger partial charge in [0, 0.05) is 13.1 Å². The number of nitrogens with zero attached hydrogens (tertiary/aromatic N) is 2. The average molecular weight is 251 g/mol. The molecule has 0 aromatic carbocycles. The molecule has 1 saturated heterocycles. The van der Waals surface area contributed by atoms with Crippen LogP contribution in [-0.4, -0.2) is 29.0 Å². The molecule has 1 aliphatic rings. The Morgan fingerprint density at radius 2 is 2.06 bits per heavy atom. The fourth-order valence-corrected chi connectivity index (χ4v) is 2.47. The number of hydrogen-bond donors (Lipinski definition) is 1. The number of amides is 2. The number of halogens is 1. The van der Waals surface area contributed by atoms with E-state index < -0.39 is 5.82 Å². The largest absolute Gasteiger partial charge is 0.324 e. The molecule has 2 heterocycles. The van der Waals surface area contributed by atoms with E-state index in [0.29, 0.717) is 17.7 Å². The average Bonchev–Trinajstić information content (AvgIpc) is 2.31. The number of nitrogens with one attached hydrogen (secondary N) is 1. The van der Waals surface area contributed by atoms with Gasteiger partial charge in [0.25, 0.3) is 0 Å². The van der Waals surface area contributed by atoms with Crippen LogP contribution in [0.3, 0.4) is 0 Å². The number of urea groups is 1. The summed E-state index contributed by atoms with van der Waals surface area (Å²) < 4.78 is 12.7. The number of hydrogen-bond acceptors (Lipinski definition) is 2. The van der Waals surface area contributed by atoms with Crippen molar-refractivity contribution < 1.29 is 9.18 Å². The number of carbonyl (C=O) groups excluding carboxylic acids is 1. The highest BCUT2D eigenvalue weighted by Gasteiger charge is 2.25. The van der Waals surface area contributed by atoms with Crippen LogP contribution < -0.4 is 5.32 Å². The molecule has 2 amide bonds. The van der Waals surface area contributed by atoms with Gasteiger partial charge in [-0.05, 0) is 30.4 Å². The Morgan fingerprint density at radius 3 is 2.61 bits per heavy atom. The highest BCUT2D eigenvalue weighted by Crippen LogP contribution is 2.21. The molecular weight excluding hydrogens is 233 g/mol. The molecule has 0 bridgehead atoms. The van der Waals surface area contributed by atoms with E-state index in [0.717, 1.165) is 25.7 Å². The second-order valence-electron chi connectivity index (χ2n) is 5.14. The molecule has 1 aromatic heterocycles. The number of carbonyl (C=O) groups is 1. The maximum absolute atomic E-state index is 12.7. The highest BCUT2D eigenvalue weighted by molar-refractivity contribution is 5.88. The van der Waals surface area contributed by atoms with Crippen LogP contribution in [-0.2, 0) is 0 Å². The molecule has 0 spiro atoms. The van der Waals surface area contributed by atoms with E-state index in [9.17, 15) is 9.18 Å². The molecule has 0 saturated carbocycles. The normalized spacial score (nSPS) is 23.8. The first-order valence-electron chi connectivity index (χ1n) is 6.22. The van der Waals surface area contributed by atoms with Crippen molar-refractivity contribution in [3.05, 3.63) is 24.1 Å². The Morgan fingerprint density at radius 1 is 1.39 bits per heavy atom. The summed E-state index contributed by atoms with van der Waals surface area (Å²) in [5.74, 6) is 1.00. The molecule has 98 valence electrons. The van der Waals surface area contributed by atoms with Gasteiger partial charge in [-0.25, -0.2) is 14.2 Å². The third-order valence-electron chi connectivity index (χ3n) is 3.12. The minimum absolute atomic E-state index is 0.160. The Labute approximate surface area is 106 Å². The zero-order valence-corrected chi connectivity index (χ0v) is 10.7. The first kappa shape index (κ1) is 12.8. The van der Waals surface area contributed by atoms with Crippen molar-refractivity contribution in [2.75, 3.05) is 18.4 Å². The van der Waals surface area contributed by atoms with Crippen molar-refractivity contribution in [2.24, 2.45) is 11.8 Å². The molecule has 4 nitrogen and oxygen atoms in total. The molecule has 1 fully saturated rings. The number of anilines is 1. The van der Waals surface area contributed by atoms with Crippen LogP contribution in [0, 0.1) is 17.7 Å². The molecular formula is C13H18FN3O. The number of pyridine rings is 1. The predicted octanol–water partition coefficient (Wildman–Crippen LogP) is 2.73. The van der Waals surface area contributed by atoms with Crippen LogP contribution in [0.4, 0.5) is 15.0 Å². The van der Waals surface area contributed by atoms with E-state index >= 15 is 0 Å². The van der Waals surface area contributed by atoms with E-state index in [-0.39, 0.29) is 6.03 Å². The second kappa shape index (κ2) is 5.33. The van der Waals surface area contributed by atoms with Crippen LogP contribution in [0.1, 0.15) is 20.3 Å². The number of likely N-dealkylation sites (tertiary alicyclic amines) is 1. The summed E-state index contributed by atoms with van der Waals surface area (Å²) in [5, 5.41) is 2.69. The summed E-state index contributed by atoms with van der Waals surface area (Å²) in [6.45, 7) is 5.81. The molecule has 0 radical (unpaired) electrons. The van der Waals surface area contributed by atoms with Crippen molar-refractivity contribution in [1.82, 2.24) is 9.88 Å². The van der Waals surface area contributed by atoms with Crippen LogP contribution >= 0.6 is 0 Å². The molecule has 1 aliphatic heterocycles. The molecule has 2 atom stereocenters. The zero-order valence-electron chi connectivity index (χ0n) is 10.7. The van der Waals surface area contributed by atoms with Crippen LogP contribution in [0.15, 0.2) is 18.3 Å². The van der Waals surface area contributed by atoms with Gasteiger partial charge in [0.1, 0.15) is 11.6 Å². The number of rotatable bonds is 1. The molecule has 2 rings (SSSR count). The Hall–Kier alpha value is -1.65. The summed E-state index contributed by atoms with van der Waals surface area (Å²) in [6, 6.07) is 2.58. The maximum Gasteiger partial charge on any atom is 0.323 e. The minimum Gasteiger partial charge on any atom is -0.324 e. The van der Waals surface area contributed by atoms with Gasteiger partial charge in [-0.3, -0.25) is 5.32 Å². The van der Waals surface area contributed by atoms with Gasteiger partial charge in [0.2, 0.25) is 0 Å². The predicted molar refractivity (Wildman–Crippen MR) is 67.7 cm³/mol. The van der Waals surface area contributed by atoms with E-state index in [1.54, 1.807) is 4.90 Å². The van der Waals surface area contributed by atoms with Crippen molar-refractivity contribution in [3.63, 3.8) is 0 Å². The first-order chi connectivity index (χ1) is 8.54. The topological polar surface area (TPSA) is 45.2 Å². The summed E-state index contributed by atoms with van der Waals surface area (Å²) in [5.41, 5.74) is 0.